The van der Waals surface area contributed by atoms with Gasteiger partial charge in [-0.1, -0.05) is 38.3 Å². The van der Waals surface area contributed by atoms with Gasteiger partial charge in [0.25, 0.3) is 0 Å². The van der Waals surface area contributed by atoms with Crippen molar-refractivity contribution in [2.45, 2.75) is 51.9 Å². The van der Waals surface area contributed by atoms with Crippen LogP contribution in [0.1, 0.15) is 51.0 Å². The number of benzene rings is 1. The van der Waals surface area contributed by atoms with Crippen LogP contribution in [-0.4, -0.2) is 37.4 Å². The molecule has 1 aliphatic carbocycles. The van der Waals surface area contributed by atoms with Crippen LogP contribution in [0, 0.1) is 11.8 Å². The van der Waals surface area contributed by atoms with Crippen molar-refractivity contribution < 1.29 is 14.4 Å². The van der Waals surface area contributed by atoms with Gasteiger partial charge >= 0.3 is 0 Å². The number of anilines is 1. The fourth-order valence-corrected chi connectivity index (χ4v) is 4.07. The second-order valence-electron chi connectivity index (χ2n) is 7.84. The quantitative estimate of drug-likeness (QED) is 0.708. The average molecular weight is 386 g/mol. The van der Waals surface area contributed by atoms with Crippen molar-refractivity contribution in [1.29, 1.82) is 0 Å². The molecule has 0 spiro atoms. The van der Waals surface area contributed by atoms with E-state index in [9.17, 15) is 14.4 Å². The summed E-state index contributed by atoms with van der Waals surface area (Å²) in [6.07, 6.45) is 6.60. The number of carbonyl (C=O) groups excluding carboxylic acids is 3. The van der Waals surface area contributed by atoms with Crippen LogP contribution in [-0.2, 0) is 20.8 Å². The third-order valence-electron chi connectivity index (χ3n) is 5.85. The number of hydrogen-bond donors (Lipinski definition) is 2. The predicted molar refractivity (Wildman–Crippen MR) is 109 cm³/mol. The van der Waals surface area contributed by atoms with E-state index in [0.717, 1.165) is 37.8 Å². The summed E-state index contributed by atoms with van der Waals surface area (Å²) in [6.45, 7) is 3.33. The van der Waals surface area contributed by atoms with E-state index in [1.165, 1.54) is 12.0 Å². The summed E-state index contributed by atoms with van der Waals surface area (Å²) < 4.78 is 0. The molecule has 2 fully saturated rings. The van der Waals surface area contributed by atoms with E-state index >= 15 is 0 Å². The van der Waals surface area contributed by atoms with Gasteiger partial charge in [-0.05, 0) is 37.0 Å². The first-order valence-electron chi connectivity index (χ1n) is 10.5. The summed E-state index contributed by atoms with van der Waals surface area (Å²) in [4.78, 5) is 38.5. The van der Waals surface area contributed by atoms with Crippen LogP contribution in [0.15, 0.2) is 24.3 Å². The zero-order chi connectivity index (χ0) is 19.9. The van der Waals surface area contributed by atoms with E-state index in [4.69, 9.17) is 0 Å². The number of rotatable bonds is 7. The molecule has 1 aromatic carbocycles. The number of nitrogens with zero attached hydrogens (tertiary/aromatic N) is 1. The second kappa shape index (κ2) is 9.71. The highest BCUT2D eigenvalue weighted by Gasteiger charge is 2.34. The molecule has 3 rings (SSSR count). The van der Waals surface area contributed by atoms with E-state index in [-0.39, 0.29) is 36.0 Å². The molecule has 6 nitrogen and oxygen atoms in total. The third kappa shape index (κ3) is 5.12. The van der Waals surface area contributed by atoms with Gasteiger partial charge in [0.1, 0.15) is 0 Å². The summed E-state index contributed by atoms with van der Waals surface area (Å²) in [7, 11) is 0. The molecule has 6 heteroatoms. The first kappa shape index (κ1) is 20.4. The number of amides is 3. The molecule has 2 N–H and O–H groups in total. The minimum absolute atomic E-state index is 0.0185. The van der Waals surface area contributed by atoms with Crippen LogP contribution >= 0.6 is 0 Å². The van der Waals surface area contributed by atoms with E-state index in [1.807, 2.05) is 24.3 Å². The van der Waals surface area contributed by atoms with Gasteiger partial charge in [0.05, 0.1) is 5.92 Å². The molecule has 0 radical (unpaired) electrons. The van der Waals surface area contributed by atoms with Crippen molar-refractivity contribution in [2.75, 3.05) is 24.5 Å². The third-order valence-corrected chi connectivity index (χ3v) is 5.85. The van der Waals surface area contributed by atoms with Crippen LogP contribution in [0.25, 0.3) is 0 Å². The van der Waals surface area contributed by atoms with Crippen molar-refractivity contribution in [1.82, 2.24) is 10.6 Å². The Balaban J connectivity index is 1.41. The molecule has 1 saturated heterocycles. The van der Waals surface area contributed by atoms with Crippen LogP contribution < -0.4 is 15.5 Å². The van der Waals surface area contributed by atoms with E-state index < -0.39 is 0 Å². The lowest BCUT2D eigenvalue weighted by Crippen LogP contribution is -2.40. The molecule has 0 aromatic heterocycles. The van der Waals surface area contributed by atoms with Gasteiger partial charge in [0.15, 0.2) is 0 Å². The van der Waals surface area contributed by atoms with Crippen molar-refractivity contribution >= 4 is 23.4 Å². The molecule has 1 aliphatic heterocycles. The Morgan fingerprint density at radius 2 is 1.57 bits per heavy atom. The van der Waals surface area contributed by atoms with Crippen molar-refractivity contribution in [3.8, 4) is 0 Å². The van der Waals surface area contributed by atoms with Crippen LogP contribution in [0.5, 0.6) is 0 Å². The van der Waals surface area contributed by atoms with E-state index in [0.29, 0.717) is 19.6 Å². The fourth-order valence-electron chi connectivity index (χ4n) is 4.07. The zero-order valence-corrected chi connectivity index (χ0v) is 16.7. The Morgan fingerprint density at radius 1 is 0.964 bits per heavy atom. The molecule has 1 heterocycles. The lowest BCUT2D eigenvalue weighted by molar-refractivity contribution is -0.127. The number of hydrogen-bond acceptors (Lipinski definition) is 3. The van der Waals surface area contributed by atoms with Gasteiger partial charge < -0.3 is 15.5 Å². The van der Waals surface area contributed by atoms with Gasteiger partial charge in [0, 0.05) is 37.7 Å². The molecule has 2 aliphatic rings. The SMILES string of the molecule is CCc1ccc(N2CC(C(=O)NCCNC(=O)C3CCCCC3)CC2=O)cc1. The summed E-state index contributed by atoms with van der Waals surface area (Å²) >= 11 is 0. The standard InChI is InChI=1S/C22H31N3O3/c1-2-16-8-10-19(11-9-16)25-15-18(14-20(25)26)22(28)24-13-12-23-21(27)17-6-4-3-5-7-17/h8-11,17-18H,2-7,12-15H2,1H3,(H,23,27)(H,24,28). The number of aryl methyl sites for hydroxylation is 1. The highest BCUT2D eigenvalue weighted by molar-refractivity contribution is 6.00. The summed E-state index contributed by atoms with van der Waals surface area (Å²) in [5, 5.41) is 5.78. The molecule has 1 unspecified atom stereocenters. The average Bonchev–Trinajstić information content (AvgIpc) is 3.13. The summed E-state index contributed by atoms with van der Waals surface area (Å²) in [6, 6.07) is 7.92. The smallest absolute Gasteiger partial charge is 0.227 e. The zero-order valence-electron chi connectivity index (χ0n) is 16.7. The maximum absolute atomic E-state index is 12.4. The lowest BCUT2D eigenvalue weighted by atomic mass is 9.89. The van der Waals surface area contributed by atoms with Crippen LogP contribution in [0.4, 0.5) is 5.69 Å². The monoisotopic (exact) mass is 385 g/mol. The first-order valence-corrected chi connectivity index (χ1v) is 10.5. The first-order chi connectivity index (χ1) is 13.6. The Kier molecular flexibility index (Phi) is 7.06. The fraction of sp³-hybridized carbons (Fsp3) is 0.591. The molecular weight excluding hydrogens is 354 g/mol. The van der Waals surface area contributed by atoms with Crippen molar-refractivity contribution in [2.24, 2.45) is 11.8 Å². The molecule has 1 saturated carbocycles. The summed E-state index contributed by atoms with van der Waals surface area (Å²) in [5.41, 5.74) is 2.07. The van der Waals surface area contributed by atoms with Crippen LogP contribution in [0.3, 0.4) is 0 Å². The Labute approximate surface area is 167 Å². The molecule has 1 aromatic rings. The summed E-state index contributed by atoms with van der Waals surface area (Å²) in [5.74, 6) is -0.244. The predicted octanol–water partition coefficient (Wildman–Crippen LogP) is 2.41. The van der Waals surface area contributed by atoms with E-state index in [2.05, 4.69) is 17.6 Å². The van der Waals surface area contributed by atoms with Gasteiger partial charge in [-0.15, -0.1) is 0 Å². The minimum atomic E-state index is -0.340. The Bertz CT molecular complexity index is 695. The lowest BCUT2D eigenvalue weighted by Gasteiger charge is -2.21. The largest absolute Gasteiger partial charge is 0.354 e. The molecule has 1 atom stereocenters. The minimum Gasteiger partial charge on any atom is -0.354 e. The number of nitrogens with one attached hydrogen (secondary N) is 2. The van der Waals surface area contributed by atoms with Gasteiger partial charge in [0.2, 0.25) is 17.7 Å². The second-order valence-corrected chi connectivity index (χ2v) is 7.84. The Hall–Kier alpha value is -2.37. The highest BCUT2D eigenvalue weighted by atomic mass is 16.2. The van der Waals surface area contributed by atoms with E-state index in [1.54, 1.807) is 4.90 Å². The highest BCUT2D eigenvalue weighted by Crippen LogP contribution is 2.26. The van der Waals surface area contributed by atoms with Gasteiger partial charge in [-0.3, -0.25) is 14.4 Å². The molecule has 3 amide bonds. The molecule has 28 heavy (non-hydrogen) atoms. The van der Waals surface area contributed by atoms with Crippen LogP contribution in [0.2, 0.25) is 0 Å². The molecule has 0 bridgehead atoms. The normalized spacial score (nSPS) is 20.2. The van der Waals surface area contributed by atoms with Crippen molar-refractivity contribution in [3.63, 3.8) is 0 Å². The van der Waals surface area contributed by atoms with Gasteiger partial charge in [-0.25, -0.2) is 0 Å². The maximum Gasteiger partial charge on any atom is 0.227 e. The number of carbonyl (C=O) groups is 3. The topological polar surface area (TPSA) is 78.5 Å². The van der Waals surface area contributed by atoms with Crippen molar-refractivity contribution in [3.05, 3.63) is 29.8 Å². The van der Waals surface area contributed by atoms with Gasteiger partial charge in [-0.2, -0.15) is 0 Å². The molecule has 152 valence electrons. The Morgan fingerprint density at radius 3 is 2.18 bits per heavy atom. The molecular formula is C22H31N3O3. The maximum atomic E-state index is 12.4.